The third-order valence-electron chi connectivity index (χ3n) is 5.40. The van der Waals surface area contributed by atoms with Crippen molar-refractivity contribution in [2.45, 2.75) is 36.8 Å². The van der Waals surface area contributed by atoms with Gasteiger partial charge < -0.3 is 10.5 Å². The van der Waals surface area contributed by atoms with Gasteiger partial charge >= 0.3 is 0 Å². The van der Waals surface area contributed by atoms with Gasteiger partial charge in [0, 0.05) is 41.9 Å². The minimum Gasteiger partial charge on any atom is -0.484 e. The molecule has 2 unspecified atom stereocenters. The molecule has 8 nitrogen and oxygen atoms in total. The lowest BCUT2D eigenvalue weighted by Gasteiger charge is -2.15. The normalized spacial score (nSPS) is 16.5. The molecule has 10 heteroatoms. The zero-order chi connectivity index (χ0) is 24.5. The van der Waals surface area contributed by atoms with Crippen LogP contribution in [0.4, 0.5) is 10.1 Å². The monoisotopic (exact) mass is 481 g/mol. The van der Waals surface area contributed by atoms with Gasteiger partial charge in [-0.05, 0) is 56.2 Å². The number of hydrogen-bond acceptors (Lipinski definition) is 7. The van der Waals surface area contributed by atoms with E-state index in [1.165, 1.54) is 24.6 Å². The lowest BCUT2D eigenvalue weighted by molar-refractivity contribution is -0.110. The fourth-order valence-electron chi connectivity index (χ4n) is 3.33. The van der Waals surface area contributed by atoms with E-state index >= 15 is 0 Å². The van der Waals surface area contributed by atoms with Crippen molar-refractivity contribution in [1.82, 2.24) is 15.0 Å². The van der Waals surface area contributed by atoms with Crippen LogP contribution in [0.3, 0.4) is 0 Å². The number of allylic oxidation sites excluding steroid dienone is 1. The Morgan fingerprint density at radius 3 is 2.71 bits per heavy atom. The smallest absolute Gasteiger partial charge is 0.209 e. The Hall–Kier alpha value is -3.66. The number of hydrogen-bond donors (Lipinski definition) is 3. The van der Waals surface area contributed by atoms with Crippen LogP contribution in [0.25, 0.3) is 5.83 Å². The summed E-state index contributed by atoms with van der Waals surface area (Å²) in [5, 5.41) is 6.23. The highest BCUT2D eigenvalue weighted by atomic mass is 32.2. The van der Waals surface area contributed by atoms with E-state index in [1.54, 1.807) is 24.4 Å². The second-order valence-electron chi connectivity index (χ2n) is 8.30. The predicted molar refractivity (Wildman–Crippen MR) is 128 cm³/mol. The van der Waals surface area contributed by atoms with Crippen molar-refractivity contribution in [2.24, 2.45) is 0 Å². The molecular formula is C24H26FN6O2S+. The minimum atomic E-state index is -2.98. The topological polar surface area (TPSA) is 140 Å². The van der Waals surface area contributed by atoms with Crippen molar-refractivity contribution in [2.75, 3.05) is 12.0 Å². The molecule has 1 aromatic carbocycles. The van der Waals surface area contributed by atoms with Crippen LogP contribution in [-0.2, 0) is 9.73 Å². The molecule has 3 aromatic rings. The van der Waals surface area contributed by atoms with Gasteiger partial charge in [-0.2, -0.15) is 0 Å². The number of benzene rings is 1. The van der Waals surface area contributed by atoms with Gasteiger partial charge in [-0.3, -0.25) is 5.41 Å². The first kappa shape index (κ1) is 23.5. The third-order valence-corrected chi connectivity index (χ3v) is 6.44. The van der Waals surface area contributed by atoms with E-state index < -0.39 is 15.6 Å². The Bertz CT molecular complexity index is 1370. The van der Waals surface area contributed by atoms with Crippen LogP contribution in [-0.4, -0.2) is 31.1 Å². The number of nitrogens with two attached hydrogens (primary N) is 2. The summed E-state index contributed by atoms with van der Waals surface area (Å²) in [6.45, 7) is 1.89. The van der Waals surface area contributed by atoms with Gasteiger partial charge in [-0.1, -0.05) is 0 Å². The highest BCUT2D eigenvalue weighted by Crippen LogP contribution is 2.38. The first-order chi connectivity index (χ1) is 16.1. The molecule has 34 heavy (non-hydrogen) atoms. The van der Waals surface area contributed by atoms with Gasteiger partial charge in [0.1, 0.15) is 28.5 Å². The van der Waals surface area contributed by atoms with E-state index in [2.05, 4.69) is 15.0 Å². The lowest BCUT2D eigenvalue weighted by Crippen LogP contribution is -2.39. The number of halogens is 1. The van der Waals surface area contributed by atoms with E-state index in [1.807, 2.05) is 13.0 Å². The standard InChI is InChI=1S/C24H25FN6O2S/c1-14(22-9-10-29-24(31-22)15-3-4-15)33-17-6-7-20(26)18(11-17)21(27)12-19(25)16-5-8-23(30-13-16)34(2,28)32/h5-15,27-28H,3-4,26H2,1-2H3/p+1/b19-12-,27-21?. The fraction of sp³-hybridized carbons (Fsp3) is 0.250. The molecule has 2 heterocycles. The second kappa shape index (κ2) is 9.30. The molecule has 2 atom stereocenters. The van der Waals surface area contributed by atoms with Crippen molar-refractivity contribution in [3.05, 3.63) is 77.5 Å². The average Bonchev–Trinajstić information content (AvgIpc) is 3.65. The van der Waals surface area contributed by atoms with Gasteiger partial charge in [0.2, 0.25) is 5.71 Å². The van der Waals surface area contributed by atoms with Crippen molar-refractivity contribution >= 4 is 27.0 Å². The maximum absolute atomic E-state index is 14.8. The van der Waals surface area contributed by atoms with Crippen LogP contribution < -0.4 is 15.9 Å². The summed E-state index contributed by atoms with van der Waals surface area (Å²) in [7, 11) is -2.98. The quantitative estimate of drug-likeness (QED) is 0.334. The molecule has 0 radical (unpaired) electrons. The number of aromatic nitrogens is 3. The maximum Gasteiger partial charge on any atom is 0.209 e. The zero-order valence-corrected chi connectivity index (χ0v) is 19.7. The second-order valence-corrected chi connectivity index (χ2v) is 10.4. The van der Waals surface area contributed by atoms with E-state index in [-0.39, 0.29) is 22.4 Å². The van der Waals surface area contributed by atoms with Crippen molar-refractivity contribution in [1.29, 1.82) is 4.78 Å². The predicted octanol–water partition coefficient (Wildman–Crippen LogP) is 3.07. The fourth-order valence-corrected chi connectivity index (χ4v) is 3.91. The molecule has 1 aliphatic carbocycles. The highest BCUT2D eigenvalue weighted by molar-refractivity contribution is 7.91. The van der Waals surface area contributed by atoms with Gasteiger partial charge in [-0.15, -0.1) is 0 Å². The first-order valence-corrected chi connectivity index (χ1v) is 12.7. The van der Waals surface area contributed by atoms with Crippen LogP contribution in [0.15, 0.2) is 59.9 Å². The molecule has 176 valence electrons. The van der Waals surface area contributed by atoms with Crippen LogP contribution in [0, 0.1) is 4.78 Å². The summed E-state index contributed by atoms with van der Waals surface area (Å²) in [6, 6.07) is 9.61. The average molecular weight is 482 g/mol. The summed E-state index contributed by atoms with van der Waals surface area (Å²) < 4.78 is 40.2. The van der Waals surface area contributed by atoms with Crippen LogP contribution in [0.2, 0.25) is 0 Å². The van der Waals surface area contributed by atoms with E-state index in [0.29, 0.717) is 22.9 Å². The van der Waals surface area contributed by atoms with E-state index in [4.69, 9.17) is 20.7 Å². The molecule has 0 saturated heterocycles. The Morgan fingerprint density at radius 2 is 2.06 bits per heavy atom. The summed E-state index contributed by atoms with van der Waals surface area (Å²) >= 11 is 0. The zero-order valence-electron chi connectivity index (χ0n) is 18.9. The highest BCUT2D eigenvalue weighted by Gasteiger charge is 2.27. The Morgan fingerprint density at radius 1 is 1.29 bits per heavy atom. The summed E-state index contributed by atoms with van der Waals surface area (Å²) in [5.74, 6) is 1.16. The lowest BCUT2D eigenvalue weighted by atomic mass is 10.1. The number of pyridine rings is 1. The summed E-state index contributed by atoms with van der Waals surface area (Å²) in [5.41, 5.74) is 7.90. The van der Waals surface area contributed by atoms with E-state index in [0.717, 1.165) is 30.4 Å². The molecule has 0 bridgehead atoms. The summed E-state index contributed by atoms with van der Waals surface area (Å²) in [4.78, 5) is 12.9. The van der Waals surface area contributed by atoms with Crippen molar-refractivity contribution in [3.8, 4) is 5.75 Å². The van der Waals surface area contributed by atoms with Crippen LogP contribution in [0.1, 0.15) is 54.4 Å². The first-order valence-electron chi connectivity index (χ1n) is 10.7. The summed E-state index contributed by atoms with van der Waals surface area (Å²) in [6.07, 6.45) is 7.25. The number of anilines is 1. The molecule has 5 N–H and O–H groups in total. The number of nitrogens with one attached hydrogen (secondary N) is 1. The van der Waals surface area contributed by atoms with Gasteiger partial charge in [-0.25, -0.2) is 28.3 Å². The third kappa shape index (κ3) is 5.45. The molecule has 4 rings (SSSR count). The molecule has 0 spiro atoms. The maximum atomic E-state index is 14.8. The number of ether oxygens (including phenoxy) is 1. The number of nitrogen functional groups attached to an aromatic ring is 1. The Kier molecular flexibility index (Phi) is 6.43. The Labute approximate surface area is 197 Å². The SMILES string of the molecule is CC(Oc1ccc(N)c(C(=[NH2+])/C=C(\F)c2ccc(S(C)(=N)=O)nc2)c1)c1ccnc(C2CC2)n1. The molecule has 1 saturated carbocycles. The molecule has 0 amide bonds. The van der Waals surface area contributed by atoms with E-state index in [9.17, 15) is 8.60 Å². The molecular weight excluding hydrogens is 455 g/mol. The van der Waals surface area contributed by atoms with Crippen molar-refractivity contribution < 1.29 is 18.7 Å². The van der Waals surface area contributed by atoms with Gasteiger partial charge in [0.15, 0.2) is 0 Å². The molecule has 0 aliphatic heterocycles. The number of rotatable bonds is 8. The van der Waals surface area contributed by atoms with Crippen molar-refractivity contribution in [3.63, 3.8) is 0 Å². The number of nitrogens with zero attached hydrogens (tertiary/aromatic N) is 3. The molecule has 1 fully saturated rings. The van der Waals surface area contributed by atoms with Gasteiger partial charge in [0.05, 0.1) is 21.0 Å². The largest absolute Gasteiger partial charge is 0.484 e. The minimum absolute atomic E-state index is 0.0807. The van der Waals surface area contributed by atoms with Gasteiger partial charge in [0.25, 0.3) is 0 Å². The molecule has 2 aromatic heterocycles. The molecule has 1 aliphatic rings. The van der Waals surface area contributed by atoms with Crippen LogP contribution in [0.5, 0.6) is 5.75 Å². The van der Waals surface area contributed by atoms with Crippen LogP contribution >= 0.6 is 0 Å². The Balaban J connectivity index is 1.52.